The van der Waals surface area contributed by atoms with E-state index in [-0.39, 0.29) is 39.3 Å². The molecule has 1 N–H and O–H groups in total. The monoisotopic (exact) mass is 448 g/mol. The summed E-state index contributed by atoms with van der Waals surface area (Å²) in [5.41, 5.74) is 3.92. The first-order valence-corrected chi connectivity index (χ1v) is 9.76. The van der Waals surface area contributed by atoms with Gasteiger partial charge in [0.1, 0.15) is 33.9 Å². The molecule has 0 spiro atoms. The van der Waals surface area contributed by atoms with Crippen LogP contribution >= 0.6 is 0 Å². The van der Waals surface area contributed by atoms with Gasteiger partial charge in [0.05, 0.1) is 17.3 Å². The Balaban J connectivity index is 1.76. The topological polar surface area (TPSA) is 107 Å². The number of esters is 2. The lowest BCUT2D eigenvalue weighted by molar-refractivity contribution is -0.132. The third-order valence-electron chi connectivity index (χ3n) is 4.50. The van der Waals surface area contributed by atoms with Gasteiger partial charge in [-0.2, -0.15) is 5.10 Å². The van der Waals surface area contributed by atoms with Gasteiger partial charge in [-0.3, -0.25) is 19.8 Å². The Morgan fingerprint density at radius 3 is 2.39 bits per heavy atom. The molecule has 0 aliphatic carbocycles. The Morgan fingerprint density at radius 1 is 0.970 bits per heavy atom. The summed E-state index contributed by atoms with van der Waals surface area (Å²) < 4.78 is 29.1. The third-order valence-corrected chi connectivity index (χ3v) is 4.50. The molecule has 8 nitrogen and oxygen atoms in total. The second kappa shape index (κ2) is 8.91. The summed E-state index contributed by atoms with van der Waals surface area (Å²) >= 11 is 0. The third kappa shape index (κ3) is 4.87. The van der Waals surface area contributed by atoms with Crippen molar-refractivity contribution in [2.45, 2.75) is 13.8 Å². The summed E-state index contributed by atoms with van der Waals surface area (Å²) in [6.45, 7) is 2.41. The average Bonchev–Trinajstić information content (AvgIpc) is 2.74. The normalized spacial score (nSPS) is 11.1. The van der Waals surface area contributed by atoms with E-state index in [1.807, 2.05) is 0 Å². The minimum absolute atomic E-state index is 0.0491. The van der Waals surface area contributed by atoms with Crippen LogP contribution in [0.5, 0.6) is 11.5 Å². The van der Waals surface area contributed by atoms with Crippen molar-refractivity contribution < 1.29 is 27.9 Å². The minimum atomic E-state index is -0.643. The summed E-state index contributed by atoms with van der Waals surface area (Å²) in [7, 11) is 0. The second-order valence-electron chi connectivity index (χ2n) is 7.05. The zero-order valence-electron chi connectivity index (χ0n) is 17.5. The molecule has 0 aliphatic rings. The fourth-order valence-corrected chi connectivity index (χ4v) is 3.18. The molecule has 0 unspecified atom stereocenters. The predicted octanol–water partition coefficient (Wildman–Crippen LogP) is 4.38. The highest BCUT2D eigenvalue weighted by molar-refractivity contribution is 5.97. The number of benzene rings is 3. The Bertz CT molecular complexity index is 1470. The second-order valence-corrected chi connectivity index (χ2v) is 7.05. The van der Waals surface area contributed by atoms with Crippen molar-refractivity contribution >= 4 is 45.8 Å². The van der Waals surface area contributed by atoms with Crippen molar-refractivity contribution in [3.8, 4) is 11.5 Å². The molecule has 166 valence electrons. The van der Waals surface area contributed by atoms with E-state index in [0.29, 0.717) is 11.3 Å². The molecule has 0 bridgehead atoms. The number of nitrogens with one attached hydrogen (secondary N) is 1. The number of hydrogen-bond acceptors (Lipinski definition) is 8. The minimum Gasteiger partial charge on any atom is -0.456 e. The molecule has 0 aliphatic heterocycles. The summed E-state index contributed by atoms with van der Waals surface area (Å²) in [5, 5.41) is 4.41. The highest BCUT2D eigenvalue weighted by Gasteiger charge is 2.17. The average molecular weight is 448 g/mol. The molecule has 0 amide bonds. The molecule has 0 saturated heterocycles. The number of ether oxygens (including phenoxy) is 2. The first-order valence-electron chi connectivity index (χ1n) is 9.76. The van der Waals surface area contributed by atoms with Crippen LogP contribution in [0.4, 0.5) is 10.1 Å². The van der Waals surface area contributed by atoms with Crippen molar-refractivity contribution in [3.05, 3.63) is 76.2 Å². The number of carbonyl (C=O) groups is 2. The van der Waals surface area contributed by atoms with Gasteiger partial charge in [0, 0.05) is 26.0 Å². The van der Waals surface area contributed by atoms with Crippen LogP contribution in [-0.4, -0.2) is 18.2 Å². The lowest BCUT2D eigenvalue weighted by Gasteiger charge is -2.10. The van der Waals surface area contributed by atoms with Crippen LogP contribution in [0.3, 0.4) is 0 Å². The summed E-state index contributed by atoms with van der Waals surface area (Å²) in [6.07, 6.45) is 1.51. The van der Waals surface area contributed by atoms with E-state index in [1.54, 1.807) is 30.3 Å². The number of nitrogens with zero attached hydrogens (tertiary/aromatic N) is 1. The lowest BCUT2D eigenvalue weighted by atomic mass is 10.1. The molecule has 4 rings (SSSR count). The van der Waals surface area contributed by atoms with Gasteiger partial charge in [-0.25, -0.2) is 4.39 Å². The molecule has 1 heterocycles. The van der Waals surface area contributed by atoms with E-state index in [0.717, 1.165) is 0 Å². The van der Waals surface area contributed by atoms with Gasteiger partial charge in [0.25, 0.3) is 0 Å². The number of halogens is 1. The Hall–Kier alpha value is -4.53. The highest BCUT2D eigenvalue weighted by Crippen LogP contribution is 2.32. The van der Waals surface area contributed by atoms with Gasteiger partial charge in [-0.05, 0) is 42.0 Å². The van der Waals surface area contributed by atoms with Crippen LogP contribution in [0.2, 0.25) is 0 Å². The van der Waals surface area contributed by atoms with Crippen LogP contribution < -0.4 is 20.3 Å². The van der Waals surface area contributed by atoms with Crippen LogP contribution in [0.1, 0.15) is 19.4 Å². The molecular weight excluding hydrogens is 431 g/mol. The van der Waals surface area contributed by atoms with Crippen molar-refractivity contribution in [1.82, 2.24) is 0 Å². The maximum atomic E-state index is 13.1. The first-order chi connectivity index (χ1) is 15.8. The Labute approximate surface area is 186 Å². The van der Waals surface area contributed by atoms with Crippen molar-refractivity contribution in [3.63, 3.8) is 0 Å². The molecule has 1 aromatic heterocycles. The molecule has 33 heavy (non-hydrogen) atoms. The first kappa shape index (κ1) is 21.7. The highest BCUT2D eigenvalue weighted by atomic mass is 19.1. The predicted molar refractivity (Wildman–Crippen MR) is 120 cm³/mol. The van der Waals surface area contributed by atoms with E-state index in [2.05, 4.69) is 10.5 Å². The Morgan fingerprint density at radius 2 is 1.70 bits per heavy atom. The number of fused-ring (bicyclic) bond motifs is 2. The van der Waals surface area contributed by atoms with Gasteiger partial charge >= 0.3 is 11.9 Å². The molecule has 0 atom stereocenters. The fraction of sp³-hybridized carbons (Fsp3) is 0.0833. The molecule has 0 radical (unpaired) electrons. The zero-order chi connectivity index (χ0) is 23.5. The van der Waals surface area contributed by atoms with Gasteiger partial charge < -0.3 is 13.9 Å². The largest absolute Gasteiger partial charge is 0.456 e. The van der Waals surface area contributed by atoms with Crippen molar-refractivity contribution in [1.29, 1.82) is 0 Å². The van der Waals surface area contributed by atoms with Gasteiger partial charge in [0.2, 0.25) is 5.43 Å². The van der Waals surface area contributed by atoms with Gasteiger partial charge in [-0.1, -0.05) is 6.07 Å². The molecule has 0 fully saturated rings. The van der Waals surface area contributed by atoms with E-state index in [4.69, 9.17) is 13.9 Å². The summed E-state index contributed by atoms with van der Waals surface area (Å²) in [6, 6.07) is 13.2. The van der Waals surface area contributed by atoms with Crippen molar-refractivity contribution in [2.24, 2.45) is 5.10 Å². The maximum Gasteiger partial charge on any atom is 0.308 e. The number of hydrazone groups is 1. The Kier molecular flexibility index (Phi) is 5.86. The van der Waals surface area contributed by atoms with Crippen LogP contribution in [0.15, 0.2) is 68.9 Å². The standard InChI is InChI=1S/C24H17FN2O6/c1-13(28)31-18-10-21(32-14(2)29)23-22(11-18)33-20-9-15(3-8-19(20)24(23)30)12-26-27-17-6-4-16(25)5-7-17/h3-12,27H,1-2H3/b26-12+. The van der Waals surface area contributed by atoms with Gasteiger partial charge in [0.15, 0.2) is 0 Å². The summed E-state index contributed by atoms with van der Waals surface area (Å²) in [5.74, 6) is -1.58. The molecule has 3 aromatic carbocycles. The smallest absolute Gasteiger partial charge is 0.308 e. The maximum absolute atomic E-state index is 13.1. The molecular formula is C24H17FN2O6. The number of rotatable bonds is 5. The van der Waals surface area contributed by atoms with E-state index in [9.17, 15) is 18.8 Å². The number of hydrogen-bond donors (Lipinski definition) is 1. The number of carbonyl (C=O) groups excluding carboxylic acids is 2. The van der Waals surface area contributed by atoms with Crippen molar-refractivity contribution in [2.75, 3.05) is 5.43 Å². The molecule has 0 saturated carbocycles. The molecule has 4 aromatic rings. The SMILES string of the molecule is CC(=O)Oc1cc(OC(C)=O)c2c(=O)c3ccc(/C=N/Nc4ccc(F)cc4)cc3oc2c1. The van der Waals surface area contributed by atoms with Crippen LogP contribution in [0.25, 0.3) is 21.9 Å². The zero-order valence-corrected chi connectivity index (χ0v) is 17.5. The van der Waals surface area contributed by atoms with Crippen LogP contribution in [0, 0.1) is 5.82 Å². The fourth-order valence-electron chi connectivity index (χ4n) is 3.18. The van der Waals surface area contributed by atoms with E-state index in [1.165, 1.54) is 44.3 Å². The molecule has 9 heteroatoms. The van der Waals surface area contributed by atoms with E-state index < -0.39 is 17.4 Å². The van der Waals surface area contributed by atoms with Gasteiger partial charge in [-0.15, -0.1) is 0 Å². The van der Waals surface area contributed by atoms with Crippen LogP contribution in [-0.2, 0) is 9.59 Å². The number of anilines is 1. The lowest BCUT2D eigenvalue weighted by Crippen LogP contribution is -2.09. The van der Waals surface area contributed by atoms with E-state index >= 15 is 0 Å². The quantitative estimate of drug-likeness (QED) is 0.159. The summed E-state index contributed by atoms with van der Waals surface area (Å²) in [4.78, 5) is 36.0.